The molecule has 0 aromatic carbocycles. The average molecular weight is 324 g/mol. The molecular weight excluding hydrogens is 304 g/mol. The van der Waals surface area contributed by atoms with Crippen molar-refractivity contribution in [2.75, 3.05) is 25.3 Å². The molecule has 0 atom stereocenters. The van der Waals surface area contributed by atoms with Crippen molar-refractivity contribution < 1.29 is 8.42 Å². The highest BCUT2D eigenvalue weighted by Gasteiger charge is 2.37. The van der Waals surface area contributed by atoms with E-state index < -0.39 is 14.6 Å². The Labute approximate surface area is 130 Å². The number of sulfone groups is 1. The van der Waals surface area contributed by atoms with E-state index in [1.165, 1.54) is 11.1 Å². The molecule has 0 bridgehead atoms. The fraction of sp³-hybridized carbons (Fsp3) is 0.538. The van der Waals surface area contributed by atoms with Crippen LogP contribution in [0.25, 0.3) is 0 Å². The van der Waals surface area contributed by atoms with Gasteiger partial charge in [0.05, 0.1) is 6.54 Å². The Hall–Kier alpha value is -2.03. The van der Waals surface area contributed by atoms with Crippen molar-refractivity contribution in [1.29, 1.82) is 0 Å². The van der Waals surface area contributed by atoms with Crippen LogP contribution >= 0.6 is 0 Å². The highest BCUT2D eigenvalue weighted by Crippen LogP contribution is 2.25. The zero-order valence-electron chi connectivity index (χ0n) is 13.3. The molecule has 0 fully saturated rings. The lowest BCUT2D eigenvalue weighted by Crippen LogP contribution is -2.29. The molecule has 0 amide bonds. The van der Waals surface area contributed by atoms with Crippen LogP contribution in [0.5, 0.6) is 0 Å². The third kappa shape index (κ3) is 3.24. The molecule has 0 aliphatic rings. The maximum atomic E-state index is 11.8. The lowest BCUT2D eigenvalue weighted by atomic mass is 10.2. The van der Waals surface area contributed by atoms with Crippen LogP contribution in [0.3, 0.4) is 0 Å². The monoisotopic (exact) mass is 324 g/mol. The van der Waals surface area contributed by atoms with Gasteiger partial charge in [0.25, 0.3) is 0 Å². The van der Waals surface area contributed by atoms with Crippen molar-refractivity contribution in [3.8, 4) is 0 Å². The van der Waals surface area contributed by atoms with Gasteiger partial charge in [-0.1, -0.05) is 0 Å². The van der Waals surface area contributed by atoms with Gasteiger partial charge in [-0.25, -0.2) is 13.4 Å². The van der Waals surface area contributed by atoms with Gasteiger partial charge in [-0.3, -0.25) is 0 Å². The van der Waals surface area contributed by atoms with E-state index in [2.05, 4.69) is 20.4 Å². The van der Waals surface area contributed by atoms with E-state index in [0.29, 0.717) is 6.54 Å². The number of anilines is 1. The van der Waals surface area contributed by atoms with Crippen LogP contribution in [0, 0.1) is 0 Å². The van der Waals surface area contributed by atoms with Crippen molar-refractivity contribution in [2.24, 2.45) is 0 Å². The third-order valence-corrected chi connectivity index (χ3v) is 5.55. The topological polar surface area (TPSA) is 93.9 Å². The van der Waals surface area contributed by atoms with Gasteiger partial charge in [0, 0.05) is 26.5 Å². The van der Waals surface area contributed by atoms with Crippen LogP contribution in [-0.4, -0.2) is 54.0 Å². The van der Waals surface area contributed by atoms with Gasteiger partial charge in [0.2, 0.25) is 0 Å². The molecule has 8 nitrogen and oxygen atoms in total. The summed E-state index contributed by atoms with van der Waals surface area (Å²) in [5.41, 5.74) is 0.958. The van der Waals surface area contributed by atoms with Gasteiger partial charge in [0.1, 0.15) is 10.6 Å². The van der Waals surface area contributed by atoms with E-state index in [-0.39, 0.29) is 5.82 Å². The Morgan fingerprint density at radius 1 is 1.32 bits per heavy atom. The summed E-state index contributed by atoms with van der Waals surface area (Å²) in [6.07, 6.45) is 2.88. The van der Waals surface area contributed by atoms with Crippen LogP contribution in [0.2, 0.25) is 0 Å². The summed E-state index contributed by atoms with van der Waals surface area (Å²) < 4.78 is 22.5. The summed E-state index contributed by atoms with van der Waals surface area (Å²) in [5, 5.41) is 12.0. The van der Waals surface area contributed by atoms with Crippen molar-refractivity contribution in [3.63, 3.8) is 0 Å². The summed E-state index contributed by atoms with van der Waals surface area (Å²) in [6, 6.07) is 3.78. The standard InChI is InChI=1S/C13H20N6O2S/c1-13(2,22(5,20)21)12-15-17-19(16-12)9-10-6-7-14-11(8-10)18(3)4/h6-8H,9H2,1-5H3. The first kappa shape index (κ1) is 16.3. The SMILES string of the molecule is CN(C)c1cc(Cn2nnc(C(C)(C)S(C)(=O)=O)n2)ccn1. The molecular formula is C13H20N6O2S. The van der Waals surface area contributed by atoms with Gasteiger partial charge < -0.3 is 4.90 Å². The number of hydrogen-bond donors (Lipinski definition) is 0. The highest BCUT2D eigenvalue weighted by molar-refractivity contribution is 7.91. The largest absolute Gasteiger partial charge is 0.363 e. The predicted octanol–water partition coefficient (Wildman–Crippen LogP) is 0.462. The molecule has 0 saturated heterocycles. The molecule has 0 spiro atoms. The molecule has 120 valence electrons. The molecule has 0 saturated carbocycles. The van der Waals surface area contributed by atoms with Crippen LogP contribution < -0.4 is 4.90 Å². The minimum Gasteiger partial charge on any atom is -0.363 e. The quantitative estimate of drug-likeness (QED) is 0.788. The van der Waals surface area contributed by atoms with E-state index >= 15 is 0 Å². The molecule has 0 radical (unpaired) electrons. The molecule has 0 unspecified atom stereocenters. The molecule has 0 aliphatic carbocycles. The summed E-state index contributed by atoms with van der Waals surface area (Å²) in [6.45, 7) is 3.54. The first-order valence-electron chi connectivity index (χ1n) is 6.71. The second-order valence-electron chi connectivity index (χ2n) is 5.84. The van der Waals surface area contributed by atoms with Crippen molar-refractivity contribution in [3.05, 3.63) is 29.7 Å². The molecule has 0 aliphatic heterocycles. The van der Waals surface area contributed by atoms with Crippen LogP contribution in [0.15, 0.2) is 18.3 Å². The molecule has 2 heterocycles. The predicted molar refractivity (Wildman–Crippen MR) is 83.4 cm³/mol. The molecule has 0 N–H and O–H groups in total. The van der Waals surface area contributed by atoms with Crippen molar-refractivity contribution in [2.45, 2.75) is 25.1 Å². The van der Waals surface area contributed by atoms with E-state index in [4.69, 9.17) is 0 Å². The van der Waals surface area contributed by atoms with E-state index in [9.17, 15) is 8.42 Å². The summed E-state index contributed by atoms with van der Waals surface area (Å²) in [4.78, 5) is 7.52. The summed E-state index contributed by atoms with van der Waals surface area (Å²) in [5.74, 6) is 1.02. The Balaban J connectivity index is 2.25. The Morgan fingerprint density at radius 2 is 2.00 bits per heavy atom. The van der Waals surface area contributed by atoms with Gasteiger partial charge >= 0.3 is 0 Å². The number of rotatable bonds is 5. The van der Waals surface area contributed by atoms with Crippen molar-refractivity contribution in [1.82, 2.24) is 25.2 Å². The molecule has 22 heavy (non-hydrogen) atoms. The molecule has 2 aromatic rings. The Kier molecular flexibility index (Phi) is 4.19. The molecule has 9 heteroatoms. The molecule has 2 rings (SSSR count). The van der Waals surface area contributed by atoms with Crippen LogP contribution in [0.1, 0.15) is 25.2 Å². The number of tetrazole rings is 1. The van der Waals surface area contributed by atoms with Crippen LogP contribution in [-0.2, 0) is 21.1 Å². The Bertz CT molecular complexity index is 766. The number of aromatic nitrogens is 5. The van der Waals surface area contributed by atoms with Gasteiger partial charge in [-0.15, -0.1) is 10.2 Å². The second-order valence-corrected chi connectivity index (χ2v) is 8.41. The Morgan fingerprint density at radius 3 is 2.59 bits per heavy atom. The maximum absolute atomic E-state index is 11.8. The summed E-state index contributed by atoms with van der Waals surface area (Å²) in [7, 11) is 0.491. The minimum atomic E-state index is -3.33. The second kappa shape index (κ2) is 5.64. The lowest BCUT2D eigenvalue weighted by molar-refractivity contribution is 0.541. The smallest absolute Gasteiger partial charge is 0.195 e. The lowest BCUT2D eigenvalue weighted by Gasteiger charge is -2.17. The zero-order chi connectivity index (χ0) is 16.5. The van der Waals surface area contributed by atoms with Gasteiger partial charge in [-0.2, -0.15) is 4.80 Å². The maximum Gasteiger partial charge on any atom is 0.195 e. The molecule has 2 aromatic heterocycles. The normalized spacial score (nSPS) is 12.4. The van der Waals surface area contributed by atoms with E-state index in [0.717, 1.165) is 11.4 Å². The van der Waals surface area contributed by atoms with E-state index in [1.54, 1.807) is 20.0 Å². The minimum absolute atomic E-state index is 0.192. The van der Waals surface area contributed by atoms with Crippen LogP contribution in [0.4, 0.5) is 5.82 Å². The number of nitrogens with zero attached hydrogens (tertiary/aromatic N) is 6. The highest BCUT2D eigenvalue weighted by atomic mass is 32.2. The van der Waals surface area contributed by atoms with Gasteiger partial charge in [-0.05, 0) is 36.8 Å². The van der Waals surface area contributed by atoms with Gasteiger partial charge in [0.15, 0.2) is 15.7 Å². The fourth-order valence-electron chi connectivity index (χ4n) is 1.68. The van der Waals surface area contributed by atoms with E-state index in [1.807, 2.05) is 31.1 Å². The zero-order valence-corrected chi connectivity index (χ0v) is 14.2. The number of pyridine rings is 1. The average Bonchev–Trinajstić information content (AvgIpc) is 2.86. The first-order valence-corrected chi connectivity index (χ1v) is 8.60. The van der Waals surface area contributed by atoms with Crippen molar-refractivity contribution >= 4 is 15.7 Å². The third-order valence-electron chi connectivity index (χ3n) is 3.51. The number of hydrogen-bond acceptors (Lipinski definition) is 7. The first-order chi connectivity index (χ1) is 10.1. The summed E-state index contributed by atoms with van der Waals surface area (Å²) >= 11 is 0. The fourth-order valence-corrected chi connectivity index (χ4v) is 2.10.